The van der Waals surface area contributed by atoms with Gasteiger partial charge >= 0.3 is 0 Å². The summed E-state index contributed by atoms with van der Waals surface area (Å²) in [7, 11) is 0. The molecule has 1 unspecified atom stereocenters. The third-order valence-electron chi connectivity index (χ3n) is 7.21. The second-order valence-electron chi connectivity index (χ2n) is 9.29. The summed E-state index contributed by atoms with van der Waals surface area (Å²) in [4.78, 5) is 18.6. The topological polar surface area (TPSA) is 118 Å². The summed E-state index contributed by atoms with van der Waals surface area (Å²) < 4.78 is 13.0. The Bertz CT molecular complexity index is 1210. The number of rotatable bonds is 4. The number of pyridine rings is 1. The Morgan fingerprint density at radius 2 is 1.79 bits per heavy atom. The third kappa shape index (κ3) is 3.76. The molecule has 10 nitrogen and oxygen atoms in total. The van der Waals surface area contributed by atoms with Gasteiger partial charge in [-0.3, -0.25) is 9.69 Å². The van der Waals surface area contributed by atoms with Gasteiger partial charge < -0.3 is 19.6 Å². The highest BCUT2D eigenvalue weighted by atomic mass is 16.7. The van der Waals surface area contributed by atoms with Gasteiger partial charge in [0.1, 0.15) is 6.04 Å². The summed E-state index contributed by atoms with van der Waals surface area (Å²) in [6.45, 7) is 1.52. The molecule has 6 rings (SSSR count). The van der Waals surface area contributed by atoms with E-state index in [-0.39, 0.29) is 24.5 Å². The number of hydrogen-bond acceptors (Lipinski definition) is 8. The smallest absolute Gasteiger partial charge is 0.253 e. The number of hydrogen-bond donors (Lipinski definition) is 2. The first-order chi connectivity index (χ1) is 16.2. The van der Waals surface area contributed by atoms with E-state index >= 15 is 0 Å². The van der Waals surface area contributed by atoms with Gasteiger partial charge in [-0.15, -0.1) is 5.10 Å². The molecule has 0 bridgehead atoms. The van der Waals surface area contributed by atoms with Crippen molar-refractivity contribution in [2.45, 2.75) is 63.1 Å². The summed E-state index contributed by atoms with van der Waals surface area (Å²) >= 11 is 0. The molecule has 1 atom stereocenters. The second kappa shape index (κ2) is 8.42. The molecule has 1 saturated carbocycles. The van der Waals surface area contributed by atoms with Gasteiger partial charge in [-0.2, -0.15) is 0 Å². The number of ether oxygens (including phenoxy) is 2. The Morgan fingerprint density at radius 3 is 2.58 bits per heavy atom. The molecule has 2 fully saturated rings. The van der Waals surface area contributed by atoms with Crippen molar-refractivity contribution in [2.24, 2.45) is 0 Å². The van der Waals surface area contributed by atoms with Gasteiger partial charge in [-0.25, -0.2) is 4.68 Å². The molecule has 2 aliphatic heterocycles. The lowest BCUT2D eigenvalue weighted by Crippen LogP contribution is -2.42. The van der Waals surface area contributed by atoms with E-state index in [9.17, 15) is 9.90 Å². The molecule has 1 saturated heterocycles. The van der Waals surface area contributed by atoms with Crippen molar-refractivity contribution in [3.63, 3.8) is 0 Å². The Hall–Kier alpha value is -2.98. The number of tetrazole rings is 1. The Labute approximate surface area is 190 Å². The van der Waals surface area contributed by atoms with Crippen LogP contribution in [0.4, 0.5) is 0 Å². The van der Waals surface area contributed by atoms with Gasteiger partial charge in [0.25, 0.3) is 5.56 Å². The van der Waals surface area contributed by atoms with Crippen molar-refractivity contribution in [1.82, 2.24) is 30.1 Å². The van der Waals surface area contributed by atoms with Gasteiger partial charge in [0.15, 0.2) is 17.3 Å². The SMILES string of the molecule is O=c1[nH]c2cc3c(cc2cc1C(c1nnnn1C1CCCCC1)N1CCC(O)CC1)OCO3. The molecule has 4 heterocycles. The first-order valence-electron chi connectivity index (χ1n) is 11.8. The van der Waals surface area contributed by atoms with E-state index in [0.29, 0.717) is 54.3 Å². The van der Waals surface area contributed by atoms with E-state index in [0.717, 1.165) is 31.1 Å². The highest BCUT2D eigenvalue weighted by Crippen LogP contribution is 2.37. The predicted octanol–water partition coefficient (Wildman–Crippen LogP) is 2.29. The Balaban J connectivity index is 1.47. The predicted molar refractivity (Wildman–Crippen MR) is 119 cm³/mol. The molecule has 174 valence electrons. The number of H-pyrrole nitrogens is 1. The average molecular weight is 453 g/mol. The molecule has 0 radical (unpaired) electrons. The lowest BCUT2D eigenvalue weighted by Gasteiger charge is -2.36. The lowest BCUT2D eigenvalue weighted by atomic mass is 9.94. The Kier molecular flexibility index (Phi) is 5.26. The summed E-state index contributed by atoms with van der Waals surface area (Å²) in [6, 6.07) is 5.48. The van der Waals surface area contributed by atoms with Gasteiger partial charge in [-0.05, 0) is 48.2 Å². The van der Waals surface area contributed by atoms with Crippen LogP contribution in [0, 0.1) is 0 Å². The summed E-state index contributed by atoms with van der Waals surface area (Å²) in [5, 5.41) is 23.8. The van der Waals surface area contributed by atoms with Crippen molar-refractivity contribution in [2.75, 3.05) is 19.9 Å². The van der Waals surface area contributed by atoms with Crippen molar-refractivity contribution in [3.8, 4) is 11.5 Å². The molecule has 2 N–H and O–H groups in total. The van der Waals surface area contributed by atoms with Gasteiger partial charge in [0.05, 0.1) is 17.7 Å². The first-order valence-corrected chi connectivity index (χ1v) is 11.8. The largest absolute Gasteiger partial charge is 0.454 e. The average Bonchev–Trinajstić information content (AvgIpc) is 3.49. The van der Waals surface area contributed by atoms with Crippen LogP contribution in [0.2, 0.25) is 0 Å². The van der Waals surface area contributed by atoms with Crippen LogP contribution in [-0.2, 0) is 0 Å². The zero-order valence-corrected chi connectivity index (χ0v) is 18.4. The van der Waals surface area contributed by atoms with Crippen molar-refractivity contribution >= 4 is 10.9 Å². The van der Waals surface area contributed by atoms with E-state index in [2.05, 4.69) is 25.4 Å². The van der Waals surface area contributed by atoms with Crippen LogP contribution in [-0.4, -0.2) is 61.2 Å². The van der Waals surface area contributed by atoms with Crippen LogP contribution < -0.4 is 15.0 Å². The molecule has 3 aromatic rings. The maximum Gasteiger partial charge on any atom is 0.253 e. The number of nitrogens with zero attached hydrogens (tertiary/aromatic N) is 5. The summed E-state index contributed by atoms with van der Waals surface area (Å²) in [5.41, 5.74) is 1.13. The molecule has 3 aliphatic rings. The zero-order chi connectivity index (χ0) is 22.4. The molecule has 1 aliphatic carbocycles. The highest BCUT2D eigenvalue weighted by molar-refractivity contribution is 5.83. The molecule has 0 amide bonds. The molecule has 33 heavy (non-hydrogen) atoms. The van der Waals surface area contributed by atoms with Crippen LogP contribution in [0.25, 0.3) is 10.9 Å². The van der Waals surface area contributed by atoms with Crippen molar-refractivity contribution < 1.29 is 14.6 Å². The quantitative estimate of drug-likeness (QED) is 0.619. The van der Waals surface area contributed by atoms with E-state index in [1.165, 1.54) is 6.42 Å². The van der Waals surface area contributed by atoms with Crippen molar-refractivity contribution in [3.05, 3.63) is 39.9 Å². The molecule has 1 aromatic carbocycles. The van der Waals surface area contributed by atoms with Crippen LogP contribution in [0.15, 0.2) is 23.0 Å². The molecule has 0 spiro atoms. The summed E-state index contributed by atoms with van der Waals surface area (Å²) in [6.07, 6.45) is 6.65. The normalized spacial score (nSPS) is 21.0. The standard InChI is InChI=1S/C23H28N6O4/c30-16-6-8-28(9-7-16)21(22-25-26-27-29(22)15-4-2-1-3-5-15)17-10-14-11-19-20(33-13-32-19)12-18(14)24-23(17)31/h10-12,15-16,21,30H,1-9,13H2,(H,24,31). The fraction of sp³-hybridized carbons (Fsp3) is 0.565. The minimum absolute atomic E-state index is 0.171. The maximum atomic E-state index is 13.4. The van der Waals surface area contributed by atoms with Gasteiger partial charge in [0.2, 0.25) is 6.79 Å². The number of likely N-dealkylation sites (tertiary alicyclic amines) is 1. The molecule has 2 aromatic heterocycles. The minimum atomic E-state index is -0.395. The van der Waals surface area contributed by atoms with Gasteiger partial charge in [0, 0.05) is 30.1 Å². The number of fused-ring (bicyclic) bond motifs is 2. The lowest BCUT2D eigenvalue weighted by molar-refractivity contribution is 0.0651. The maximum absolute atomic E-state index is 13.4. The fourth-order valence-electron chi connectivity index (χ4n) is 5.43. The molecule has 10 heteroatoms. The van der Waals surface area contributed by atoms with Crippen LogP contribution in [0.1, 0.15) is 68.4 Å². The number of aliphatic hydroxyl groups excluding tert-OH is 1. The van der Waals surface area contributed by atoms with Crippen molar-refractivity contribution in [1.29, 1.82) is 0 Å². The summed E-state index contributed by atoms with van der Waals surface area (Å²) in [5.74, 6) is 2.00. The second-order valence-corrected chi connectivity index (χ2v) is 9.29. The zero-order valence-electron chi connectivity index (χ0n) is 18.4. The first kappa shape index (κ1) is 20.6. The van der Waals surface area contributed by atoms with Crippen LogP contribution >= 0.6 is 0 Å². The third-order valence-corrected chi connectivity index (χ3v) is 7.21. The number of benzene rings is 1. The van der Waals surface area contributed by atoms with E-state index in [1.807, 2.05) is 16.8 Å². The monoisotopic (exact) mass is 452 g/mol. The number of aromatic nitrogens is 5. The number of aliphatic hydroxyl groups is 1. The van der Waals surface area contributed by atoms with E-state index < -0.39 is 6.04 Å². The highest BCUT2D eigenvalue weighted by Gasteiger charge is 2.34. The minimum Gasteiger partial charge on any atom is -0.454 e. The van der Waals surface area contributed by atoms with E-state index in [1.54, 1.807) is 6.07 Å². The number of aromatic amines is 1. The van der Waals surface area contributed by atoms with Crippen LogP contribution in [0.3, 0.4) is 0 Å². The fourth-order valence-corrected chi connectivity index (χ4v) is 5.43. The Morgan fingerprint density at radius 1 is 1.03 bits per heavy atom. The van der Waals surface area contributed by atoms with Crippen LogP contribution in [0.5, 0.6) is 11.5 Å². The molecular formula is C23H28N6O4. The number of piperidine rings is 1. The number of nitrogens with one attached hydrogen (secondary N) is 1. The van der Waals surface area contributed by atoms with E-state index in [4.69, 9.17) is 9.47 Å². The van der Waals surface area contributed by atoms with Gasteiger partial charge in [-0.1, -0.05) is 19.3 Å². The molecular weight excluding hydrogens is 424 g/mol.